The second kappa shape index (κ2) is 10.3. The number of nitrogens with zero attached hydrogens (tertiary/aromatic N) is 3. The predicted octanol–water partition coefficient (Wildman–Crippen LogP) is 4.97. The second-order valence-corrected chi connectivity index (χ2v) is 8.01. The first-order valence-corrected chi connectivity index (χ1v) is 10.8. The van der Waals surface area contributed by atoms with Crippen LogP contribution in [0.3, 0.4) is 0 Å². The van der Waals surface area contributed by atoms with Crippen molar-refractivity contribution in [2.75, 3.05) is 36.4 Å². The highest BCUT2D eigenvalue weighted by molar-refractivity contribution is 6.31. The van der Waals surface area contributed by atoms with Crippen LogP contribution in [0.25, 0.3) is 11.1 Å². The molecule has 7 nitrogen and oxygen atoms in total. The van der Waals surface area contributed by atoms with Crippen LogP contribution in [-0.2, 0) is 17.5 Å². The molecular formula is C23H21ClF3N5O2. The van der Waals surface area contributed by atoms with E-state index < -0.39 is 22.9 Å². The van der Waals surface area contributed by atoms with Gasteiger partial charge in [-0.3, -0.25) is 5.32 Å². The normalized spacial score (nSPS) is 14.1. The second-order valence-electron chi connectivity index (χ2n) is 7.60. The summed E-state index contributed by atoms with van der Waals surface area (Å²) in [5, 5.41) is 5.12. The average molecular weight is 492 g/mol. The lowest BCUT2D eigenvalue weighted by Crippen LogP contribution is -2.44. The van der Waals surface area contributed by atoms with Gasteiger partial charge in [0.1, 0.15) is 6.61 Å². The molecule has 3 aromatic rings. The first kappa shape index (κ1) is 23.8. The topological polar surface area (TPSA) is 79.4 Å². The molecule has 0 saturated carbocycles. The molecule has 34 heavy (non-hydrogen) atoms. The van der Waals surface area contributed by atoms with Gasteiger partial charge in [-0.15, -0.1) is 0 Å². The number of ether oxygens (including phenoxy) is 1. The molecule has 1 aliphatic heterocycles. The summed E-state index contributed by atoms with van der Waals surface area (Å²) in [5.74, 6) is 0.678. The van der Waals surface area contributed by atoms with Gasteiger partial charge in [-0.05, 0) is 35.4 Å². The Morgan fingerprint density at radius 2 is 1.82 bits per heavy atom. The van der Waals surface area contributed by atoms with Crippen molar-refractivity contribution in [1.82, 2.24) is 15.3 Å². The Hall–Kier alpha value is -3.37. The molecule has 0 radical (unpaired) electrons. The van der Waals surface area contributed by atoms with Crippen LogP contribution in [0.15, 0.2) is 54.9 Å². The highest BCUT2D eigenvalue weighted by Crippen LogP contribution is 2.36. The number of anilines is 2. The van der Waals surface area contributed by atoms with Crippen LogP contribution in [0.1, 0.15) is 11.1 Å². The van der Waals surface area contributed by atoms with Crippen LogP contribution in [0.2, 0.25) is 5.02 Å². The summed E-state index contributed by atoms with van der Waals surface area (Å²) in [6, 6.07) is 10.4. The van der Waals surface area contributed by atoms with E-state index >= 15 is 0 Å². The molecule has 1 saturated heterocycles. The number of carbonyl (C=O) groups is 1. The number of carbonyl (C=O) groups excluding carboxylic acids is 1. The van der Waals surface area contributed by atoms with Gasteiger partial charge in [0.2, 0.25) is 5.95 Å². The van der Waals surface area contributed by atoms with Crippen molar-refractivity contribution >= 4 is 29.3 Å². The Morgan fingerprint density at radius 1 is 1.09 bits per heavy atom. The predicted molar refractivity (Wildman–Crippen MR) is 123 cm³/mol. The van der Waals surface area contributed by atoms with E-state index in [2.05, 4.69) is 25.5 Å². The van der Waals surface area contributed by atoms with Crippen LogP contribution in [0.5, 0.6) is 0 Å². The summed E-state index contributed by atoms with van der Waals surface area (Å²) < 4.78 is 44.1. The van der Waals surface area contributed by atoms with Crippen LogP contribution in [0.4, 0.5) is 29.6 Å². The van der Waals surface area contributed by atoms with Crippen LogP contribution in [-0.4, -0.2) is 42.2 Å². The minimum Gasteiger partial charge on any atom is -0.444 e. The number of aromatic nitrogens is 2. The van der Waals surface area contributed by atoms with Crippen LogP contribution in [0, 0.1) is 0 Å². The van der Waals surface area contributed by atoms with E-state index in [1.54, 1.807) is 18.5 Å². The molecule has 2 aromatic carbocycles. The van der Waals surface area contributed by atoms with Gasteiger partial charge < -0.3 is 15.0 Å². The number of amides is 1. The Balaban J connectivity index is 1.37. The van der Waals surface area contributed by atoms with Gasteiger partial charge >= 0.3 is 12.3 Å². The molecule has 0 bridgehead atoms. The van der Waals surface area contributed by atoms with Gasteiger partial charge in [-0.1, -0.05) is 29.8 Å². The van der Waals surface area contributed by atoms with E-state index in [9.17, 15) is 18.0 Å². The van der Waals surface area contributed by atoms with E-state index in [1.807, 2.05) is 18.2 Å². The molecule has 2 heterocycles. The van der Waals surface area contributed by atoms with Crippen molar-refractivity contribution in [1.29, 1.82) is 0 Å². The molecule has 0 aliphatic carbocycles. The molecule has 11 heteroatoms. The summed E-state index contributed by atoms with van der Waals surface area (Å²) in [5.41, 5.74) is 1.25. The summed E-state index contributed by atoms with van der Waals surface area (Å²) >= 11 is 5.59. The van der Waals surface area contributed by atoms with Gasteiger partial charge in [0, 0.05) is 49.8 Å². The lowest BCUT2D eigenvalue weighted by atomic mass is 10.1. The SMILES string of the molecule is O=C(Nc1ccc(Cl)c(C(F)(F)F)c1)OCc1cccc(-c2cnc(N3CCNCC3)nc2)c1. The number of hydrogen-bond donors (Lipinski definition) is 2. The van der Waals surface area contributed by atoms with Crippen molar-refractivity contribution in [2.45, 2.75) is 12.8 Å². The smallest absolute Gasteiger partial charge is 0.417 e. The zero-order valence-electron chi connectivity index (χ0n) is 17.9. The Kier molecular flexibility index (Phi) is 7.18. The Labute approximate surface area is 198 Å². The molecule has 0 unspecified atom stereocenters. The minimum absolute atomic E-state index is 0.0703. The lowest BCUT2D eigenvalue weighted by Gasteiger charge is -2.27. The fourth-order valence-electron chi connectivity index (χ4n) is 3.46. The molecule has 0 spiro atoms. The monoisotopic (exact) mass is 491 g/mol. The zero-order valence-corrected chi connectivity index (χ0v) is 18.7. The van der Waals surface area contributed by atoms with Gasteiger partial charge in [0.15, 0.2) is 0 Å². The summed E-state index contributed by atoms with van der Waals surface area (Å²) in [4.78, 5) is 23.1. The van der Waals surface area contributed by atoms with Crippen LogP contribution < -0.4 is 15.5 Å². The van der Waals surface area contributed by atoms with E-state index in [1.165, 1.54) is 6.07 Å². The molecule has 2 N–H and O–H groups in total. The lowest BCUT2D eigenvalue weighted by molar-refractivity contribution is -0.137. The first-order chi connectivity index (χ1) is 16.3. The summed E-state index contributed by atoms with van der Waals surface area (Å²) in [6.07, 6.45) is -2.03. The number of alkyl halides is 3. The number of rotatable bonds is 5. The maximum Gasteiger partial charge on any atom is 0.417 e. The number of benzene rings is 2. The molecule has 1 aromatic heterocycles. The van der Waals surface area contributed by atoms with Crippen molar-refractivity contribution < 1.29 is 22.7 Å². The molecular weight excluding hydrogens is 471 g/mol. The quantitative estimate of drug-likeness (QED) is 0.524. The van der Waals surface area contributed by atoms with Gasteiger partial charge in [0.25, 0.3) is 0 Å². The van der Waals surface area contributed by atoms with Crippen molar-refractivity contribution in [3.63, 3.8) is 0 Å². The molecule has 4 rings (SSSR count). The van der Waals surface area contributed by atoms with Gasteiger partial charge in [0.05, 0.1) is 10.6 Å². The minimum atomic E-state index is -4.63. The van der Waals surface area contributed by atoms with Crippen molar-refractivity contribution in [3.05, 3.63) is 71.0 Å². The summed E-state index contributed by atoms with van der Waals surface area (Å²) in [6.45, 7) is 3.41. The Morgan fingerprint density at radius 3 is 2.53 bits per heavy atom. The van der Waals surface area contributed by atoms with E-state index in [4.69, 9.17) is 16.3 Å². The number of halogens is 4. The largest absolute Gasteiger partial charge is 0.444 e. The van der Waals surface area contributed by atoms with Crippen molar-refractivity contribution in [3.8, 4) is 11.1 Å². The summed E-state index contributed by atoms with van der Waals surface area (Å²) in [7, 11) is 0. The van der Waals surface area contributed by atoms with E-state index in [0.717, 1.165) is 49.4 Å². The van der Waals surface area contributed by atoms with Gasteiger partial charge in [-0.25, -0.2) is 14.8 Å². The number of nitrogens with one attached hydrogen (secondary N) is 2. The molecule has 0 atom stereocenters. The number of piperazine rings is 1. The maximum absolute atomic E-state index is 13.0. The standard InChI is InChI=1S/C23H21ClF3N5O2/c24-20-5-4-18(11-19(20)23(25,26)27)31-22(33)34-14-15-2-1-3-16(10-15)17-12-29-21(30-13-17)32-8-6-28-7-9-32/h1-5,10-13,28H,6-9,14H2,(H,31,33). The molecule has 1 fully saturated rings. The molecule has 1 amide bonds. The molecule has 178 valence electrons. The third kappa shape index (κ3) is 5.95. The van der Waals surface area contributed by atoms with Gasteiger partial charge in [-0.2, -0.15) is 13.2 Å². The molecule has 1 aliphatic rings. The number of hydrogen-bond acceptors (Lipinski definition) is 6. The van der Waals surface area contributed by atoms with Crippen LogP contribution >= 0.6 is 11.6 Å². The highest BCUT2D eigenvalue weighted by atomic mass is 35.5. The van der Waals surface area contributed by atoms with E-state index in [-0.39, 0.29) is 12.3 Å². The Bertz CT molecular complexity index is 1150. The first-order valence-electron chi connectivity index (χ1n) is 10.5. The fraction of sp³-hybridized carbons (Fsp3) is 0.261. The highest BCUT2D eigenvalue weighted by Gasteiger charge is 2.33. The third-order valence-corrected chi connectivity index (χ3v) is 5.52. The van der Waals surface area contributed by atoms with E-state index in [0.29, 0.717) is 11.5 Å². The average Bonchev–Trinajstić information content (AvgIpc) is 2.84. The maximum atomic E-state index is 13.0. The zero-order chi connectivity index (χ0) is 24.1. The fourth-order valence-corrected chi connectivity index (χ4v) is 3.69. The third-order valence-electron chi connectivity index (χ3n) is 5.19. The van der Waals surface area contributed by atoms with Crippen molar-refractivity contribution in [2.24, 2.45) is 0 Å².